The summed E-state index contributed by atoms with van der Waals surface area (Å²) in [5.74, 6) is -0.825. The van der Waals surface area contributed by atoms with E-state index in [-0.39, 0.29) is 23.4 Å². The van der Waals surface area contributed by atoms with Crippen molar-refractivity contribution in [1.29, 1.82) is 0 Å². The van der Waals surface area contributed by atoms with Gasteiger partial charge in [0.15, 0.2) is 0 Å². The number of nitrogens with zero attached hydrogens (tertiary/aromatic N) is 2. The van der Waals surface area contributed by atoms with Crippen LogP contribution in [0.15, 0.2) is 82.2 Å². The van der Waals surface area contributed by atoms with Gasteiger partial charge in [-0.05, 0) is 80.8 Å². The highest BCUT2D eigenvalue weighted by Crippen LogP contribution is 2.29. The molecule has 3 rings (SSSR count). The van der Waals surface area contributed by atoms with Gasteiger partial charge in [-0.3, -0.25) is 13.9 Å². The van der Waals surface area contributed by atoms with E-state index in [1.165, 1.54) is 17.0 Å². The summed E-state index contributed by atoms with van der Waals surface area (Å²) in [6.07, 6.45) is 0.734. The molecule has 7 nitrogen and oxygen atoms in total. The molecule has 0 aromatic heterocycles. The molecule has 0 unspecified atom stereocenters. The maximum absolute atomic E-state index is 14.0. The van der Waals surface area contributed by atoms with E-state index in [9.17, 15) is 18.0 Å². The van der Waals surface area contributed by atoms with Crippen LogP contribution in [-0.2, 0) is 26.2 Å². The highest BCUT2D eigenvalue weighted by Gasteiger charge is 2.33. The van der Waals surface area contributed by atoms with E-state index in [4.69, 9.17) is 11.6 Å². The molecular formula is C29H33BrClN3O4S. The molecule has 0 bridgehead atoms. The molecule has 0 aliphatic rings. The molecule has 39 heavy (non-hydrogen) atoms. The minimum Gasteiger partial charge on any atom is -0.352 e. The van der Waals surface area contributed by atoms with Gasteiger partial charge < -0.3 is 10.2 Å². The Morgan fingerprint density at radius 2 is 1.64 bits per heavy atom. The molecule has 0 saturated carbocycles. The van der Waals surface area contributed by atoms with Gasteiger partial charge in [0.25, 0.3) is 10.0 Å². The second-order valence-corrected chi connectivity index (χ2v) is 12.6. The molecule has 0 aliphatic heterocycles. The van der Waals surface area contributed by atoms with Gasteiger partial charge in [0.2, 0.25) is 11.8 Å². The summed E-state index contributed by atoms with van der Waals surface area (Å²) in [4.78, 5) is 28.5. The molecule has 1 N–H and O–H groups in total. The quantitative estimate of drug-likeness (QED) is 0.283. The molecule has 2 atom stereocenters. The maximum Gasteiger partial charge on any atom is 0.264 e. The molecule has 0 saturated heterocycles. The predicted molar refractivity (Wildman–Crippen MR) is 159 cm³/mol. The van der Waals surface area contributed by atoms with Crippen molar-refractivity contribution in [1.82, 2.24) is 10.2 Å². The Morgan fingerprint density at radius 3 is 2.23 bits per heavy atom. The Morgan fingerprint density at radius 1 is 1.00 bits per heavy atom. The predicted octanol–water partition coefficient (Wildman–Crippen LogP) is 5.94. The molecule has 0 heterocycles. The standard InChI is InChI=1S/C29H33BrClN3O4S/c1-5-21(3)32-29(36)22(4)33(18-23-11-13-24(30)14-12-23)28(35)19-34(27-16-15-25(31)17-20(27)2)39(37,38)26-9-7-6-8-10-26/h6-17,21-22H,5,18-19H2,1-4H3,(H,32,36)/t21-,22+/m0/s1. The van der Waals surface area contributed by atoms with E-state index in [0.717, 1.165) is 20.8 Å². The number of halogens is 2. The SMILES string of the molecule is CC[C@H](C)NC(=O)[C@@H](C)N(Cc1ccc(Br)cc1)C(=O)CN(c1ccc(Cl)cc1C)S(=O)(=O)c1ccccc1. The Hall–Kier alpha value is -2.88. The van der Waals surface area contributed by atoms with Gasteiger partial charge in [-0.15, -0.1) is 0 Å². The fourth-order valence-corrected chi connectivity index (χ4v) is 5.96. The van der Waals surface area contributed by atoms with Crippen molar-refractivity contribution in [3.63, 3.8) is 0 Å². The number of benzene rings is 3. The Labute approximate surface area is 244 Å². The number of anilines is 1. The first kappa shape index (κ1) is 30.7. The van der Waals surface area contributed by atoms with Crippen LogP contribution in [0.1, 0.15) is 38.3 Å². The van der Waals surface area contributed by atoms with E-state index in [0.29, 0.717) is 16.3 Å². The van der Waals surface area contributed by atoms with Crippen molar-refractivity contribution in [3.05, 3.63) is 93.4 Å². The number of carbonyl (C=O) groups is 2. The fraction of sp³-hybridized carbons (Fsp3) is 0.310. The van der Waals surface area contributed by atoms with Crippen LogP contribution in [0.4, 0.5) is 5.69 Å². The largest absolute Gasteiger partial charge is 0.352 e. The minimum atomic E-state index is -4.13. The Bertz CT molecular complexity index is 1400. The zero-order valence-corrected chi connectivity index (χ0v) is 25.6. The van der Waals surface area contributed by atoms with Crippen molar-refractivity contribution in [2.45, 2.75) is 57.6 Å². The minimum absolute atomic E-state index is 0.0502. The Balaban J connectivity index is 2.04. The number of sulfonamides is 1. The summed E-state index contributed by atoms with van der Waals surface area (Å²) in [5, 5.41) is 3.38. The van der Waals surface area contributed by atoms with Crippen LogP contribution in [-0.4, -0.2) is 43.8 Å². The lowest BCUT2D eigenvalue weighted by molar-refractivity contribution is -0.139. The van der Waals surface area contributed by atoms with E-state index in [1.54, 1.807) is 50.2 Å². The summed E-state index contributed by atoms with van der Waals surface area (Å²) in [5.41, 5.74) is 1.73. The van der Waals surface area contributed by atoms with E-state index in [1.807, 2.05) is 38.1 Å². The fourth-order valence-electron chi connectivity index (χ4n) is 3.97. The van der Waals surface area contributed by atoms with E-state index in [2.05, 4.69) is 21.2 Å². The van der Waals surface area contributed by atoms with Gasteiger partial charge in [0.1, 0.15) is 12.6 Å². The van der Waals surface area contributed by atoms with E-state index >= 15 is 0 Å². The van der Waals surface area contributed by atoms with Crippen LogP contribution >= 0.6 is 27.5 Å². The summed E-state index contributed by atoms with van der Waals surface area (Å²) in [7, 11) is -4.13. The van der Waals surface area contributed by atoms with Crippen LogP contribution < -0.4 is 9.62 Å². The van der Waals surface area contributed by atoms with Crippen LogP contribution in [0.3, 0.4) is 0 Å². The van der Waals surface area contributed by atoms with Crippen molar-refractivity contribution < 1.29 is 18.0 Å². The van der Waals surface area contributed by atoms with Crippen molar-refractivity contribution in [2.75, 3.05) is 10.8 Å². The first-order valence-electron chi connectivity index (χ1n) is 12.6. The molecule has 0 aliphatic carbocycles. The number of aryl methyl sites for hydroxylation is 1. The van der Waals surface area contributed by atoms with Gasteiger partial charge >= 0.3 is 0 Å². The molecule has 3 aromatic carbocycles. The van der Waals surface area contributed by atoms with Gasteiger partial charge in [0, 0.05) is 22.1 Å². The highest BCUT2D eigenvalue weighted by atomic mass is 79.9. The molecule has 0 spiro atoms. The average Bonchev–Trinajstić information content (AvgIpc) is 2.91. The second kappa shape index (κ2) is 13.5. The van der Waals surface area contributed by atoms with E-state index < -0.39 is 28.5 Å². The lowest BCUT2D eigenvalue weighted by atomic mass is 10.1. The monoisotopic (exact) mass is 633 g/mol. The number of rotatable bonds is 11. The zero-order chi connectivity index (χ0) is 28.7. The summed E-state index contributed by atoms with van der Waals surface area (Å²) >= 11 is 9.56. The summed E-state index contributed by atoms with van der Waals surface area (Å²) < 4.78 is 29.7. The third kappa shape index (κ3) is 7.84. The molecule has 10 heteroatoms. The van der Waals surface area contributed by atoms with Crippen LogP contribution in [0, 0.1) is 6.92 Å². The summed E-state index contributed by atoms with van der Waals surface area (Å²) in [6.45, 7) is 6.86. The van der Waals surface area contributed by atoms with Crippen molar-refractivity contribution in [3.8, 4) is 0 Å². The topological polar surface area (TPSA) is 86.8 Å². The number of hydrogen-bond acceptors (Lipinski definition) is 4. The molecule has 3 aromatic rings. The second-order valence-electron chi connectivity index (χ2n) is 9.40. The van der Waals surface area contributed by atoms with Gasteiger partial charge in [-0.25, -0.2) is 8.42 Å². The number of nitrogens with one attached hydrogen (secondary N) is 1. The summed E-state index contributed by atoms with van der Waals surface area (Å²) in [6, 6.07) is 19.3. The van der Waals surface area contributed by atoms with Crippen molar-refractivity contribution >= 4 is 55.1 Å². The van der Waals surface area contributed by atoms with Crippen LogP contribution in [0.2, 0.25) is 5.02 Å². The van der Waals surface area contributed by atoms with Crippen LogP contribution in [0.5, 0.6) is 0 Å². The third-order valence-corrected chi connectivity index (χ3v) is 9.01. The molecule has 0 fully saturated rings. The Kier molecular flexibility index (Phi) is 10.6. The first-order valence-corrected chi connectivity index (χ1v) is 15.2. The van der Waals surface area contributed by atoms with Gasteiger partial charge in [0.05, 0.1) is 10.6 Å². The maximum atomic E-state index is 14.0. The molecule has 208 valence electrons. The smallest absolute Gasteiger partial charge is 0.264 e. The third-order valence-electron chi connectivity index (χ3n) is 6.47. The highest BCUT2D eigenvalue weighted by molar-refractivity contribution is 9.10. The first-order chi connectivity index (χ1) is 18.4. The normalized spacial score (nSPS) is 12.9. The van der Waals surface area contributed by atoms with Gasteiger partial charge in [-0.2, -0.15) is 0 Å². The van der Waals surface area contributed by atoms with Gasteiger partial charge in [-0.1, -0.05) is 64.8 Å². The molecule has 0 radical (unpaired) electrons. The number of hydrogen-bond donors (Lipinski definition) is 1. The number of amides is 2. The lowest BCUT2D eigenvalue weighted by Crippen LogP contribution is -2.52. The molecular weight excluding hydrogens is 602 g/mol. The van der Waals surface area contributed by atoms with Crippen molar-refractivity contribution in [2.24, 2.45) is 0 Å². The number of carbonyl (C=O) groups excluding carboxylic acids is 2. The molecule has 2 amide bonds. The average molecular weight is 635 g/mol. The lowest BCUT2D eigenvalue weighted by Gasteiger charge is -2.33. The van der Waals surface area contributed by atoms with Crippen LogP contribution in [0.25, 0.3) is 0 Å². The zero-order valence-electron chi connectivity index (χ0n) is 22.4.